The Kier molecular flexibility index (Phi) is 5.36. The van der Waals surface area contributed by atoms with E-state index in [0.29, 0.717) is 5.56 Å². The molecule has 1 aromatic heterocycles. The largest absolute Gasteiger partial charge is 0.266 e. The summed E-state index contributed by atoms with van der Waals surface area (Å²) in [6.07, 6.45) is 1.14. The van der Waals surface area contributed by atoms with Crippen molar-refractivity contribution in [1.82, 2.24) is 9.78 Å². The topological polar surface area (TPSA) is 64.0 Å². The summed E-state index contributed by atoms with van der Waals surface area (Å²) in [7, 11) is -3.83. The van der Waals surface area contributed by atoms with Crippen LogP contribution in [0.1, 0.15) is 11.1 Å². The molecule has 148 valence electrons. The SMILES string of the molecule is O=S(=O)(Cc1ccccc1)Nc1ccn(Cc2c(F)c(F)c(F)c(F)c2F)n1. The zero-order chi connectivity index (χ0) is 20.5. The van der Waals surface area contributed by atoms with Crippen LogP contribution in [0.3, 0.4) is 0 Å². The standard InChI is InChI=1S/C17H12F5N3O2S/c18-13-11(14(19)16(21)17(22)15(13)20)8-25-7-6-12(23-25)24-28(26,27)9-10-4-2-1-3-5-10/h1-7H,8-9H2,(H,23,24). The average molecular weight is 417 g/mol. The van der Waals surface area contributed by atoms with E-state index >= 15 is 0 Å². The summed E-state index contributed by atoms with van der Waals surface area (Å²) in [5.41, 5.74) is -0.561. The predicted octanol–water partition coefficient (Wildman–Crippen LogP) is 3.57. The maximum absolute atomic E-state index is 13.7. The fourth-order valence-corrected chi connectivity index (χ4v) is 3.58. The van der Waals surface area contributed by atoms with E-state index in [9.17, 15) is 30.4 Å². The summed E-state index contributed by atoms with van der Waals surface area (Å²) in [6, 6.07) is 9.48. The number of sulfonamides is 1. The van der Waals surface area contributed by atoms with E-state index in [0.717, 1.165) is 10.9 Å². The molecule has 0 unspecified atom stereocenters. The van der Waals surface area contributed by atoms with Crippen molar-refractivity contribution in [1.29, 1.82) is 0 Å². The van der Waals surface area contributed by atoms with Crippen LogP contribution in [0.2, 0.25) is 0 Å². The van der Waals surface area contributed by atoms with Crippen LogP contribution in [0.5, 0.6) is 0 Å². The highest BCUT2D eigenvalue weighted by atomic mass is 32.2. The minimum atomic E-state index is -3.83. The number of hydrogen-bond acceptors (Lipinski definition) is 3. The third-order valence-corrected chi connectivity index (χ3v) is 4.95. The molecule has 0 amide bonds. The molecule has 1 heterocycles. The van der Waals surface area contributed by atoms with E-state index < -0.39 is 51.2 Å². The smallest absolute Gasteiger partial charge is 0.238 e. The first-order valence-electron chi connectivity index (χ1n) is 7.76. The number of aromatic nitrogens is 2. The van der Waals surface area contributed by atoms with Crippen LogP contribution < -0.4 is 4.72 Å². The Morgan fingerprint density at radius 2 is 1.43 bits per heavy atom. The molecule has 0 aliphatic heterocycles. The summed E-state index contributed by atoms with van der Waals surface area (Å²) in [5, 5.41) is 3.75. The molecule has 28 heavy (non-hydrogen) atoms. The fourth-order valence-electron chi connectivity index (χ4n) is 2.44. The van der Waals surface area contributed by atoms with Gasteiger partial charge < -0.3 is 0 Å². The molecule has 0 radical (unpaired) electrons. The Balaban J connectivity index is 1.78. The number of rotatable bonds is 6. The lowest BCUT2D eigenvalue weighted by molar-refractivity contribution is 0.367. The van der Waals surface area contributed by atoms with Crippen LogP contribution >= 0.6 is 0 Å². The van der Waals surface area contributed by atoms with Crippen LogP contribution in [0.15, 0.2) is 42.6 Å². The second-order valence-corrected chi connectivity index (χ2v) is 7.52. The Hall–Kier alpha value is -2.95. The summed E-state index contributed by atoms with van der Waals surface area (Å²) < 4.78 is 94.4. The second kappa shape index (κ2) is 7.58. The number of halogens is 5. The number of anilines is 1. The highest BCUT2D eigenvalue weighted by Gasteiger charge is 2.26. The van der Waals surface area contributed by atoms with Gasteiger partial charge in [-0.15, -0.1) is 0 Å². The first-order chi connectivity index (χ1) is 13.2. The molecule has 0 saturated carbocycles. The van der Waals surface area contributed by atoms with Crippen molar-refractivity contribution < 1.29 is 30.4 Å². The lowest BCUT2D eigenvalue weighted by atomic mass is 10.1. The van der Waals surface area contributed by atoms with Crippen molar-refractivity contribution in [2.45, 2.75) is 12.3 Å². The fraction of sp³-hybridized carbons (Fsp3) is 0.118. The van der Waals surface area contributed by atoms with Crippen molar-refractivity contribution in [2.75, 3.05) is 4.72 Å². The van der Waals surface area contributed by atoms with Crippen molar-refractivity contribution in [2.24, 2.45) is 0 Å². The van der Waals surface area contributed by atoms with Gasteiger partial charge >= 0.3 is 0 Å². The second-order valence-electron chi connectivity index (χ2n) is 5.79. The maximum Gasteiger partial charge on any atom is 0.238 e. The van der Waals surface area contributed by atoms with Gasteiger partial charge in [-0.1, -0.05) is 30.3 Å². The average Bonchev–Trinajstić information content (AvgIpc) is 3.08. The van der Waals surface area contributed by atoms with Gasteiger partial charge in [0.15, 0.2) is 29.1 Å². The molecule has 0 fully saturated rings. The summed E-state index contributed by atoms with van der Waals surface area (Å²) in [6.45, 7) is -0.786. The van der Waals surface area contributed by atoms with Crippen molar-refractivity contribution in [3.05, 3.63) is 82.8 Å². The lowest BCUT2D eigenvalue weighted by Crippen LogP contribution is -2.16. The van der Waals surface area contributed by atoms with Crippen LogP contribution in [-0.4, -0.2) is 18.2 Å². The van der Waals surface area contributed by atoms with Crippen LogP contribution in [0, 0.1) is 29.1 Å². The van der Waals surface area contributed by atoms with Gasteiger partial charge in [0, 0.05) is 12.3 Å². The van der Waals surface area contributed by atoms with E-state index in [-0.39, 0.29) is 11.6 Å². The van der Waals surface area contributed by atoms with Crippen LogP contribution in [0.4, 0.5) is 27.8 Å². The zero-order valence-electron chi connectivity index (χ0n) is 14.0. The van der Waals surface area contributed by atoms with Gasteiger partial charge in [-0.3, -0.25) is 9.40 Å². The van der Waals surface area contributed by atoms with E-state index in [1.54, 1.807) is 30.3 Å². The monoisotopic (exact) mass is 417 g/mol. The summed E-state index contributed by atoms with van der Waals surface area (Å²) in [4.78, 5) is 0. The lowest BCUT2D eigenvalue weighted by Gasteiger charge is -2.08. The molecular weight excluding hydrogens is 405 g/mol. The molecule has 0 spiro atoms. The van der Waals surface area contributed by atoms with Crippen LogP contribution in [0.25, 0.3) is 0 Å². The Bertz CT molecular complexity index is 1090. The zero-order valence-corrected chi connectivity index (χ0v) is 14.8. The van der Waals surface area contributed by atoms with Crippen LogP contribution in [-0.2, 0) is 22.3 Å². The quantitative estimate of drug-likeness (QED) is 0.379. The number of nitrogens with one attached hydrogen (secondary N) is 1. The third kappa shape index (κ3) is 4.14. The molecule has 3 aromatic rings. The van der Waals surface area contributed by atoms with E-state index in [1.165, 1.54) is 6.07 Å². The highest BCUT2D eigenvalue weighted by Crippen LogP contribution is 2.24. The van der Waals surface area contributed by atoms with Crippen molar-refractivity contribution in [3.63, 3.8) is 0 Å². The normalized spacial score (nSPS) is 11.6. The van der Waals surface area contributed by atoms with E-state index in [2.05, 4.69) is 9.82 Å². The number of hydrogen-bond donors (Lipinski definition) is 1. The molecule has 2 aromatic carbocycles. The maximum atomic E-state index is 13.7. The highest BCUT2D eigenvalue weighted by molar-refractivity contribution is 7.91. The van der Waals surface area contributed by atoms with Gasteiger partial charge in [0.25, 0.3) is 0 Å². The first-order valence-corrected chi connectivity index (χ1v) is 9.41. The molecule has 0 aliphatic rings. The summed E-state index contributed by atoms with van der Waals surface area (Å²) >= 11 is 0. The van der Waals surface area contributed by atoms with E-state index in [1.807, 2.05) is 0 Å². The van der Waals surface area contributed by atoms with Crippen molar-refractivity contribution >= 4 is 15.8 Å². The number of benzene rings is 2. The van der Waals surface area contributed by atoms with E-state index in [4.69, 9.17) is 0 Å². The van der Waals surface area contributed by atoms with Gasteiger partial charge in [-0.05, 0) is 5.56 Å². The molecule has 11 heteroatoms. The van der Waals surface area contributed by atoms with Gasteiger partial charge in [-0.25, -0.2) is 30.4 Å². The predicted molar refractivity (Wildman–Crippen MR) is 90.2 cm³/mol. The summed E-state index contributed by atoms with van der Waals surface area (Å²) in [5.74, 6) is -10.8. The van der Waals surface area contributed by atoms with Gasteiger partial charge in [0.1, 0.15) is 0 Å². The molecule has 5 nitrogen and oxygen atoms in total. The molecule has 3 rings (SSSR count). The molecule has 1 N–H and O–H groups in total. The molecule has 0 bridgehead atoms. The van der Waals surface area contributed by atoms with Gasteiger partial charge in [0.05, 0.1) is 17.9 Å². The Morgan fingerprint density at radius 1 is 0.857 bits per heavy atom. The van der Waals surface area contributed by atoms with Gasteiger partial charge in [-0.2, -0.15) is 5.10 Å². The molecule has 0 atom stereocenters. The number of nitrogens with zero attached hydrogens (tertiary/aromatic N) is 2. The third-order valence-electron chi connectivity index (χ3n) is 3.72. The minimum absolute atomic E-state index is 0.167. The van der Waals surface area contributed by atoms with Gasteiger partial charge in [0.2, 0.25) is 15.8 Å². The minimum Gasteiger partial charge on any atom is -0.266 e. The molecule has 0 aliphatic carbocycles. The Labute approximate surface area is 156 Å². The first kappa shape index (κ1) is 19.8. The molecule has 0 saturated heterocycles. The Morgan fingerprint density at radius 3 is 2.04 bits per heavy atom. The molecular formula is C17H12F5N3O2S. The van der Waals surface area contributed by atoms with Crippen molar-refractivity contribution in [3.8, 4) is 0 Å².